The minimum Gasteiger partial charge on any atom is -0.345 e. The Balaban J connectivity index is 0.00000208. The number of carbonyl (C=O) groups is 1. The van der Waals surface area contributed by atoms with Gasteiger partial charge in [0.05, 0.1) is 18.0 Å². The Bertz CT molecular complexity index is 668. The molecule has 7 heteroatoms. The fraction of sp³-hybridized carbons (Fsp3) is 0.471. The first-order valence-corrected chi connectivity index (χ1v) is 8.03. The highest BCUT2D eigenvalue weighted by Gasteiger charge is 2.37. The predicted octanol–water partition coefficient (Wildman–Crippen LogP) is 2.53. The van der Waals surface area contributed by atoms with Crippen LogP contribution in [0.1, 0.15) is 55.9 Å². The Morgan fingerprint density at radius 1 is 1.33 bits per heavy atom. The predicted molar refractivity (Wildman–Crippen MR) is 92.7 cm³/mol. The average Bonchev–Trinajstić information content (AvgIpc) is 3.18. The molecule has 1 atom stereocenters. The van der Waals surface area contributed by atoms with Crippen molar-refractivity contribution in [3.8, 4) is 0 Å². The van der Waals surface area contributed by atoms with E-state index in [2.05, 4.69) is 15.5 Å². The lowest BCUT2D eigenvalue weighted by atomic mass is 9.98. The largest absolute Gasteiger partial charge is 0.345 e. The van der Waals surface area contributed by atoms with Crippen LogP contribution < -0.4 is 11.1 Å². The van der Waals surface area contributed by atoms with Crippen molar-refractivity contribution in [3.63, 3.8) is 0 Å². The molecule has 1 aliphatic carbocycles. The Morgan fingerprint density at radius 2 is 2.00 bits per heavy atom. The highest BCUT2D eigenvalue weighted by Crippen LogP contribution is 2.28. The molecule has 0 radical (unpaired) electrons. The average molecular weight is 351 g/mol. The second kappa shape index (κ2) is 7.77. The lowest BCUT2D eigenvalue weighted by molar-refractivity contribution is -0.126. The van der Waals surface area contributed by atoms with Crippen molar-refractivity contribution in [3.05, 3.63) is 47.6 Å². The number of hydrogen-bond acceptors (Lipinski definition) is 5. The van der Waals surface area contributed by atoms with Gasteiger partial charge < -0.3 is 15.6 Å². The van der Waals surface area contributed by atoms with Gasteiger partial charge in [-0.05, 0) is 25.3 Å². The molecule has 1 fully saturated rings. The van der Waals surface area contributed by atoms with Gasteiger partial charge in [-0.3, -0.25) is 4.79 Å². The van der Waals surface area contributed by atoms with Crippen molar-refractivity contribution in [1.82, 2.24) is 15.5 Å². The van der Waals surface area contributed by atoms with Crippen molar-refractivity contribution in [2.24, 2.45) is 5.73 Å². The van der Waals surface area contributed by atoms with E-state index in [0.717, 1.165) is 31.2 Å². The Morgan fingerprint density at radius 3 is 2.67 bits per heavy atom. The first kappa shape index (κ1) is 18.4. The van der Waals surface area contributed by atoms with Crippen LogP contribution in [0.4, 0.5) is 0 Å². The van der Waals surface area contributed by atoms with E-state index in [0.29, 0.717) is 18.1 Å². The standard InChI is InChI=1S/C17H22N4O2.ClH/c1-12(19-16(22)17(18)9-5-6-10-17)15-20-14(23-21-15)11-13-7-3-2-4-8-13;/h2-4,7-8,12H,5-6,9-11,18H2,1H3,(H,19,22);1H. The molecule has 1 heterocycles. The van der Waals surface area contributed by atoms with E-state index >= 15 is 0 Å². The molecule has 1 amide bonds. The van der Waals surface area contributed by atoms with E-state index in [-0.39, 0.29) is 24.4 Å². The Hall–Kier alpha value is -1.92. The maximum Gasteiger partial charge on any atom is 0.240 e. The lowest BCUT2D eigenvalue weighted by Gasteiger charge is -2.23. The SMILES string of the molecule is CC(NC(=O)C1(N)CCCC1)c1noc(Cc2ccccc2)n1.Cl. The van der Waals surface area contributed by atoms with Crippen LogP contribution in [-0.4, -0.2) is 21.6 Å². The van der Waals surface area contributed by atoms with Gasteiger partial charge in [0.25, 0.3) is 0 Å². The van der Waals surface area contributed by atoms with Crippen molar-refractivity contribution in [1.29, 1.82) is 0 Å². The molecule has 0 aliphatic heterocycles. The number of carbonyl (C=O) groups excluding carboxylic acids is 1. The van der Waals surface area contributed by atoms with E-state index in [4.69, 9.17) is 10.3 Å². The molecule has 1 saturated carbocycles. The number of nitrogens with zero attached hydrogens (tertiary/aromatic N) is 2. The monoisotopic (exact) mass is 350 g/mol. The number of hydrogen-bond donors (Lipinski definition) is 2. The number of rotatable bonds is 5. The van der Waals surface area contributed by atoms with Gasteiger partial charge in [0.15, 0.2) is 5.82 Å². The molecule has 130 valence electrons. The Kier molecular flexibility index (Phi) is 5.96. The third-order valence-corrected chi connectivity index (χ3v) is 4.36. The zero-order valence-corrected chi connectivity index (χ0v) is 14.5. The first-order chi connectivity index (χ1) is 11.1. The van der Waals surface area contributed by atoms with Crippen LogP contribution in [0, 0.1) is 0 Å². The molecular weight excluding hydrogens is 328 g/mol. The van der Waals surface area contributed by atoms with Gasteiger partial charge in [-0.1, -0.05) is 48.3 Å². The minimum atomic E-state index is -0.745. The summed E-state index contributed by atoms with van der Waals surface area (Å²) in [6.45, 7) is 1.84. The summed E-state index contributed by atoms with van der Waals surface area (Å²) in [7, 11) is 0. The summed E-state index contributed by atoms with van der Waals surface area (Å²) >= 11 is 0. The van der Waals surface area contributed by atoms with Crippen molar-refractivity contribution < 1.29 is 9.32 Å². The van der Waals surface area contributed by atoms with Gasteiger partial charge >= 0.3 is 0 Å². The van der Waals surface area contributed by atoms with Gasteiger partial charge in [0.2, 0.25) is 11.8 Å². The van der Waals surface area contributed by atoms with E-state index in [9.17, 15) is 4.79 Å². The molecule has 1 aromatic carbocycles. The third-order valence-electron chi connectivity index (χ3n) is 4.36. The molecular formula is C17H23ClN4O2. The second-order valence-corrected chi connectivity index (χ2v) is 6.27. The third kappa shape index (κ3) is 4.13. The maximum absolute atomic E-state index is 12.3. The summed E-state index contributed by atoms with van der Waals surface area (Å²) in [6, 6.07) is 9.60. The van der Waals surface area contributed by atoms with Crippen molar-refractivity contribution >= 4 is 18.3 Å². The second-order valence-electron chi connectivity index (χ2n) is 6.27. The number of nitrogens with two attached hydrogens (primary N) is 1. The van der Waals surface area contributed by atoms with E-state index in [1.807, 2.05) is 37.3 Å². The molecule has 24 heavy (non-hydrogen) atoms. The number of amides is 1. The van der Waals surface area contributed by atoms with Crippen LogP contribution in [0.25, 0.3) is 0 Å². The van der Waals surface area contributed by atoms with Crippen LogP contribution in [0.5, 0.6) is 0 Å². The summed E-state index contributed by atoms with van der Waals surface area (Å²) in [5, 5.41) is 6.88. The summed E-state index contributed by atoms with van der Waals surface area (Å²) in [4.78, 5) is 16.7. The van der Waals surface area contributed by atoms with Gasteiger partial charge in [-0.25, -0.2) is 0 Å². The summed E-state index contributed by atoms with van der Waals surface area (Å²) in [6.07, 6.45) is 4.05. The lowest BCUT2D eigenvalue weighted by Crippen LogP contribution is -2.52. The summed E-state index contributed by atoms with van der Waals surface area (Å²) in [5.74, 6) is 0.887. The quantitative estimate of drug-likeness (QED) is 0.864. The highest BCUT2D eigenvalue weighted by atomic mass is 35.5. The summed E-state index contributed by atoms with van der Waals surface area (Å²) in [5.41, 5.74) is 6.52. The zero-order chi connectivity index (χ0) is 16.3. The fourth-order valence-electron chi connectivity index (χ4n) is 2.92. The van der Waals surface area contributed by atoms with E-state index in [1.165, 1.54) is 0 Å². The van der Waals surface area contributed by atoms with Crippen LogP contribution in [-0.2, 0) is 11.2 Å². The van der Waals surface area contributed by atoms with Crippen LogP contribution in [0.3, 0.4) is 0 Å². The minimum absolute atomic E-state index is 0. The van der Waals surface area contributed by atoms with Crippen molar-refractivity contribution in [2.75, 3.05) is 0 Å². The van der Waals surface area contributed by atoms with Crippen LogP contribution in [0.15, 0.2) is 34.9 Å². The topological polar surface area (TPSA) is 94.0 Å². The molecule has 1 aromatic heterocycles. The summed E-state index contributed by atoms with van der Waals surface area (Å²) < 4.78 is 5.28. The Labute approximate surface area is 147 Å². The number of nitrogens with one attached hydrogen (secondary N) is 1. The normalized spacial score (nSPS) is 17.1. The fourth-order valence-corrected chi connectivity index (χ4v) is 2.92. The number of benzene rings is 1. The van der Waals surface area contributed by atoms with Gasteiger partial charge in [-0.15, -0.1) is 12.4 Å². The van der Waals surface area contributed by atoms with Gasteiger partial charge in [0.1, 0.15) is 0 Å². The molecule has 3 rings (SSSR count). The van der Waals surface area contributed by atoms with Gasteiger partial charge in [0, 0.05) is 0 Å². The molecule has 2 aromatic rings. The molecule has 3 N–H and O–H groups in total. The zero-order valence-electron chi connectivity index (χ0n) is 13.7. The molecule has 1 unspecified atom stereocenters. The van der Waals surface area contributed by atoms with Crippen molar-refractivity contribution in [2.45, 2.75) is 50.6 Å². The molecule has 1 aliphatic rings. The van der Waals surface area contributed by atoms with E-state index in [1.54, 1.807) is 0 Å². The molecule has 0 saturated heterocycles. The van der Waals surface area contributed by atoms with E-state index < -0.39 is 5.54 Å². The molecule has 0 spiro atoms. The molecule has 6 nitrogen and oxygen atoms in total. The molecule has 0 bridgehead atoms. The maximum atomic E-state index is 12.3. The van der Waals surface area contributed by atoms with Crippen LogP contribution >= 0.6 is 12.4 Å². The van der Waals surface area contributed by atoms with Gasteiger partial charge in [-0.2, -0.15) is 4.98 Å². The smallest absolute Gasteiger partial charge is 0.240 e. The highest BCUT2D eigenvalue weighted by molar-refractivity contribution is 5.86. The number of aromatic nitrogens is 2. The number of halogens is 1. The first-order valence-electron chi connectivity index (χ1n) is 8.03. The van der Waals surface area contributed by atoms with Crippen LogP contribution in [0.2, 0.25) is 0 Å².